The molecule has 2 aromatic carbocycles. The number of ether oxygens (including phenoxy) is 1. The van der Waals surface area contributed by atoms with Gasteiger partial charge in [-0.3, -0.25) is 0 Å². The molecule has 0 spiro atoms. The minimum atomic E-state index is -2.83. The molecule has 0 radical (unpaired) electrons. The third-order valence-corrected chi connectivity index (χ3v) is 3.49. The van der Waals surface area contributed by atoms with Crippen molar-refractivity contribution < 1.29 is 18.3 Å². The lowest BCUT2D eigenvalue weighted by molar-refractivity contribution is -0.0498. The van der Waals surface area contributed by atoms with Gasteiger partial charge in [-0.15, -0.1) is 0 Å². The van der Waals surface area contributed by atoms with Crippen molar-refractivity contribution in [3.8, 4) is 5.75 Å². The highest BCUT2D eigenvalue weighted by molar-refractivity contribution is 5.74. The molecule has 0 saturated heterocycles. The van der Waals surface area contributed by atoms with Gasteiger partial charge in [0, 0.05) is 6.54 Å². The number of nitrogens with one attached hydrogen (secondary N) is 2. The fraction of sp³-hybridized carbons (Fsp3) is 0.278. The smallest absolute Gasteiger partial charge is 0.387 e. The number of alkyl halides is 2. The van der Waals surface area contributed by atoms with Crippen molar-refractivity contribution in [3.63, 3.8) is 0 Å². The van der Waals surface area contributed by atoms with Gasteiger partial charge in [0.05, 0.1) is 6.04 Å². The van der Waals surface area contributed by atoms with Crippen molar-refractivity contribution in [2.75, 3.05) is 6.54 Å². The van der Waals surface area contributed by atoms with Crippen molar-refractivity contribution in [1.29, 1.82) is 0 Å². The van der Waals surface area contributed by atoms with Crippen LogP contribution in [0.3, 0.4) is 0 Å². The maximum atomic E-state index is 12.1. The van der Waals surface area contributed by atoms with Crippen molar-refractivity contribution in [2.45, 2.75) is 26.0 Å². The highest BCUT2D eigenvalue weighted by Gasteiger charge is 2.08. The molecule has 0 aromatic heterocycles. The molecular formula is C18H20F2N2O2. The summed E-state index contributed by atoms with van der Waals surface area (Å²) in [6, 6.07) is 15.7. The van der Waals surface area contributed by atoms with Crippen LogP contribution < -0.4 is 15.4 Å². The van der Waals surface area contributed by atoms with Crippen molar-refractivity contribution in [1.82, 2.24) is 10.6 Å². The molecule has 0 fully saturated rings. The van der Waals surface area contributed by atoms with Crippen LogP contribution in [0.5, 0.6) is 5.75 Å². The molecule has 24 heavy (non-hydrogen) atoms. The van der Waals surface area contributed by atoms with E-state index in [0.717, 1.165) is 11.1 Å². The highest BCUT2D eigenvalue weighted by Crippen LogP contribution is 2.15. The second-order valence-corrected chi connectivity index (χ2v) is 5.31. The van der Waals surface area contributed by atoms with Crippen LogP contribution in [0.25, 0.3) is 0 Å². The van der Waals surface area contributed by atoms with Gasteiger partial charge in [0.1, 0.15) is 5.75 Å². The summed E-state index contributed by atoms with van der Waals surface area (Å²) in [6.45, 7) is -0.466. The SMILES string of the molecule is C[C@H](NC(=O)NCCc1ccc(OC(F)F)cc1)c1ccccc1. The summed E-state index contributed by atoms with van der Waals surface area (Å²) in [5, 5.41) is 5.64. The molecule has 0 bridgehead atoms. The van der Waals surface area contributed by atoms with Gasteiger partial charge in [0.2, 0.25) is 0 Å². The van der Waals surface area contributed by atoms with Gasteiger partial charge in [-0.2, -0.15) is 8.78 Å². The first-order valence-electron chi connectivity index (χ1n) is 7.67. The Labute approximate surface area is 139 Å². The Bertz CT molecular complexity index is 633. The zero-order chi connectivity index (χ0) is 17.4. The number of halogens is 2. The van der Waals surface area contributed by atoms with Crippen molar-refractivity contribution in [3.05, 3.63) is 65.7 Å². The van der Waals surface area contributed by atoms with Crippen LogP contribution in [0.1, 0.15) is 24.1 Å². The van der Waals surface area contributed by atoms with E-state index < -0.39 is 6.61 Å². The molecule has 2 aromatic rings. The van der Waals surface area contributed by atoms with Crippen molar-refractivity contribution >= 4 is 6.03 Å². The average Bonchev–Trinajstić information content (AvgIpc) is 2.57. The monoisotopic (exact) mass is 334 g/mol. The number of amides is 2. The summed E-state index contributed by atoms with van der Waals surface area (Å²) >= 11 is 0. The lowest BCUT2D eigenvalue weighted by atomic mass is 10.1. The Morgan fingerprint density at radius 2 is 1.75 bits per heavy atom. The van der Waals surface area contributed by atoms with Gasteiger partial charge in [-0.1, -0.05) is 42.5 Å². The molecule has 4 nitrogen and oxygen atoms in total. The fourth-order valence-corrected chi connectivity index (χ4v) is 2.23. The van der Waals surface area contributed by atoms with Gasteiger partial charge in [-0.25, -0.2) is 4.79 Å². The topological polar surface area (TPSA) is 50.4 Å². The molecule has 0 unspecified atom stereocenters. The van der Waals surface area contributed by atoms with Crippen LogP contribution in [-0.4, -0.2) is 19.2 Å². The van der Waals surface area contributed by atoms with Gasteiger partial charge in [0.15, 0.2) is 0 Å². The molecule has 2 amide bonds. The number of hydrogen-bond donors (Lipinski definition) is 2. The minimum absolute atomic E-state index is 0.0861. The van der Waals surface area contributed by atoms with Crippen LogP contribution in [0.4, 0.5) is 13.6 Å². The molecule has 0 aliphatic rings. The van der Waals surface area contributed by atoms with E-state index in [1.807, 2.05) is 37.3 Å². The third kappa shape index (κ3) is 5.87. The van der Waals surface area contributed by atoms with Gasteiger partial charge in [-0.05, 0) is 36.6 Å². The van der Waals surface area contributed by atoms with E-state index in [4.69, 9.17) is 0 Å². The molecule has 0 aliphatic carbocycles. The molecule has 1 atom stereocenters. The zero-order valence-corrected chi connectivity index (χ0v) is 13.3. The summed E-state index contributed by atoms with van der Waals surface area (Å²) in [6.07, 6.45) is 0.599. The summed E-state index contributed by atoms with van der Waals surface area (Å²) in [5.41, 5.74) is 1.95. The van der Waals surface area contributed by atoms with E-state index in [-0.39, 0.29) is 17.8 Å². The summed E-state index contributed by atoms with van der Waals surface area (Å²) in [7, 11) is 0. The summed E-state index contributed by atoms with van der Waals surface area (Å²) < 4.78 is 28.4. The Balaban J connectivity index is 1.72. The molecular weight excluding hydrogens is 314 g/mol. The number of urea groups is 1. The number of rotatable bonds is 7. The molecule has 0 heterocycles. The molecule has 2 rings (SSSR count). The van der Waals surface area contributed by atoms with E-state index in [9.17, 15) is 13.6 Å². The lowest BCUT2D eigenvalue weighted by Crippen LogP contribution is -2.38. The number of benzene rings is 2. The predicted molar refractivity (Wildman–Crippen MR) is 88.2 cm³/mol. The first-order valence-corrected chi connectivity index (χ1v) is 7.67. The van der Waals surface area contributed by atoms with Gasteiger partial charge < -0.3 is 15.4 Å². The molecule has 2 N–H and O–H groups in total. The van der Waals surface area contributed by atoms with Gasteiger partial charge >= 0.3 is 12.6 Å². The lowest BCUT2D eigenvalue weighted by Gasteiger charge is -2.15. The highest BCUT2D eigenvalue weighted by atomic mass is 19.3. The van der Waals surface area contributed by atoms with E-state index in [1.165, 1.54) is 12.1 Å². The Morgan fingerprint density at radius 1 is 1.08 bits per heavy atom. The largest absolute Gasteiger partial charge is 0.435 e. The Morgan fingerprint density at radius 3 is 2.38 bits per heavy atom. The second-order valence-electron chi connectivity index (χ2n) is 5.31. The van der Waals surface area contributed by atoms with Crippen LogP contribution in [0, 0.1) is 0 Å². The average molecular weight is 334 g/mol. The second kappa shape index (κ2) is 8.86. The van der Waals surface area contributed by atoms with E-state index in [0.29, 0.717) is 13.0 Å². The maximum Gasteiger partial charge on any atom is 0.387 e. The summed E-state index contributed by atoms with van der Waals surface area (Å²) in [5.74, 6) is 0.121. The van der Waals surface area contributed by atoms with E-state index >= 15 is 0 Å². The number of hydrogen-bond acceptors (Lipinski definition) is 2. The minimum Gasteiger partial charge on any atom is -0.435 e. The van der Waals surface area contributed by atoms with Gasteiger partial charge in [0.25, 0.3) is 0 Å². The Hall–Kier alpha value is -2.63. The molecule has 6 heteroatoms. The zero-order valence-electron chi connectivity index (χ0n) is 13.3. The third-order valence-electron chi connectivity index (χ3n) is 3.49. The standard InChI is InChI=1S/C18H20F2N2O2/c1-13(15-5-3-2-4-6-15)22-18(23)21-12-11-14-7-9-16(10-8-14)24-17(19)20/h2-10,13,17H,11-12H2,1H3,(H2,21,22,23)/t13-/m0/s1. The summed E-state index contributed by atoms with van der Waals surface area (Å²) in [4.78, 5) is 11.9. The van der Waals surface area contributed by atoms with Crippen LogP contribution in [0.2, 0.25) is 0 Å². The number of carbonyl (C=O) groups excluding carboxylic acids is 1. The van der Waals surface area contributed by atoms with Crippen LogP contribution in [0.15, 0.2) is 54.6 Å². The quantitative estimate of drug-likeness (QED) is 0.807. The van der Waals surface area contributed by atoms with E-state index in [1.54, 1.807) is 12.1 Å². The Kier molecular flexibility index (Phi) is 6.54. The molecule has 0 saturated carbocycles. The van der Waals surface area contributed by atoms with E-state index in [2.05, 4.69) is 15.4 Å². The maximum absolute atomic E-state index is 12.1. The first-order chi connectivity index (χ1) is 11.5. The van der Waals surface area contributed by atoms with Crippen LogP contribution in [-0.2, 0) is 6.42 Å². The fourth-order valence-electron chi connectivity index (χ4n) is 2.23. The molecule has 128 valence electrons. The first kappa shape index (κ1) is 17.7. The van der Waals surface area contributed by atoms with Crippen LogP contribution >= 0.6 is 0 Å². The van der Waals surface area contributed by atoms with Crippen molar-refractivity contribution in [2.24, 2.45) is 0 Å². The molecule has 0 aliphatic heterocycles. The number of carbonyl (C=O) groups is 1. The normalized spacial score (nSPS) is 11.8. The predicted octanol–water partition coefficient (Wildman–Crippen LogP) is 3.89.